The van der Waals surface area contributed by atoms with Crippen molar-refractivity contribution in [2.24, 2.45) is 5.73 Å². The molecule has 0 aliphatic rings. The molecule has 0 unspecified atom stereocenters. The van der Waals surface area contributed by atoms with Gasteiger partial charge in [-0.1, -0.05) is 0 Å². The number of primary amides is 1. The Balaban J connectivity index is 2.13. The van der Waals surface area contributed by atoms with Gasteiger partial charge in [-0.05, 0) is 19.1 Å². The van der Waals surface area contributed by atoms with Crippen molar-refractivity contribution in [1.82, 2.24) is 9.97 Å². The first-order valence-corrected chi connectivity index (χ1v) is 5.28. The lowest BCUT2D eigenvalue weighted by molar-refractivity contribution is 0.0996. The third-order valence-electron chi connectivity index (χ3n) is 2.26. The number of nitrogens with one attached hydrogen (secondary N) is 1. The predicted molar refractivity (Wildman–Crippen MR) is 65.7 cm³/mol. The molecule has 0 atom stereocenters. The Morgan fingerprint density at radius 1 is 1.50 bits per heavy atom. The molecule has 0 saturated carbocycles. The number of aryl methyl sites for hydroxylation is 1. The molecule has 2 rings (SSSR count). The fourth-order valence-corrected chi connectivity index (χ4v) is 1.39. The fourth-order valence-electron chi connectivity index (χ4n) is 1.39. The molecule has 0 spiro atoms. The quantitative estimate of drug-likeness (QED) is 0.730. The van der Waals surface area contributed by atoms with Crippen molar-refractivity contribution in [3.05, 3.63) is 35.7 Å². The topological polar surface area (TPSA) is 120 Å². The number of nitrogens with zero attached hydrogens (tertiary/aromatic N) is 2. The van der Waals surface area contributed by atoms with Gasteiger partial charge in [-0.25, -0.2) is 9.97 Å². The van der Waals surface area contributed by atoms with E-state index in [9.17, 15) is 4.79 Å². The largest absolute Gasteiger partial charge is 0.444 e. The van der Waals surface area contributed by atoms with Crippen molar-refractivity contribution < 1.29 is 9.21 Å². The van der Waals surface area contributed by atoms with Gasteiger partial charge in [0, 0.05) is 0 Å². The first kappa shape index (κ1) is 11.9. The molecule has 94 valence electrons. The summed E-state index contributed by atoms with van der Waals surface area (Å²) in [6.07, 6.45) is 1.62. The number of amides is 1. The van der Waals surface area contributed by atoms with E-state index in [0.29, 0.717) is 23.9 Å². The number of anilines is 2. The van der Waals surface area contributed by atoms with Gasteiger partial charge in [-0.15, -0.1) is 0 Å². The maximum absolute atomic E-state index is 11.0. The first-order chi connectivity index (χ1) is 8.56. The highest BCUT2D eigenvalue weighted by Gasteiger charge is 2.08. The fraction of sp³-hybridized carbons (Fsp3) is 0.182. The number of pyridine rings is 1. The van der Waals surface area contributed by atoms with E-state index in [1.807, 2.05) is 0 Å². The lowest BCUT2D eigenvalue weighted by atomic mass is 10.3. The molecule has 2 aromatic heterocycles. The van der Waals surface area contributed by atoms with Crippen molar-refractivity contribution in [3.63, 3.8) is 0 Å². The highest BCUT2D eigenvalue weighted by molar-refractivity contribution is 5.91. The smallest absolute Gasteiger partial charge is 0.267 e. The van der Waals surface area contributed by atoms with Gasteiger partial charge in [-0.2, -0.15) is 0 Å². The van der Waals surface area contributed by atoms with Crippen LogP contribution in [-0.2, 0) is 6.54 Å². The Bertz CT molecular complexity index is 579. The normalized spacial score (nSPS) is 10.3. The Morgan fingerprint density at radius 2 is 2.28 bits per heavy atom. The van der Waals surface area contributed by atoms with E-state index in [2.05, 4.69) is 15.3 Å². The van der Waals surface area contributed by atoms with Gasteiger partial charge in [0.1, 0.15) is 11.5 Å². The van der Waals surface area contributed by atoms with Crippen molar-refractivity contribution >= 4 is 17.4 Å². The van der Waals surface area contributed by atoms with Crippen LogP contribution in [0.3, 0.4) is 0 Å². The Hall–Kier alpha value is -2.57. The summed E-state index contributed by atoms with van der Waals surface area (Å²) in [5, 5.41) is 2.94. The Labute approximate surface area is 103 Å². The van der Waals surface area contributed by atoms with E-state index in [4.69, 9.17) is 15.9 Å². The van der Waals surface area contributed by atoms with Crippen LogP contribution in [0.2, 0.25) is 0 Å². The minimum atomic E-state index is -0.606. The molecular formula is C11H13N5O2. The molecule has 18 heavy (non-hydrogen) atoms. The molecule has 0 aliphatic heterocycles. The van der Waals surface area contributed by atoms with Crippen LogP contribution < -0.4 is 16.8 Å². The maximum atomic E-state index is 11.0. The number of carbonyl (C=O) groups is 1. The van der Waals surface area contributed by atoms with Crippen LogP contribution in [0, 0.1) is 6.92 Å². The summed E-state index contributed by atoms with van der Waals surface area (Å²) in [4.78, 5) is 19.0. The lowest BCUT2D eigenvalue weighted by Gasteiger charge is -2.07. The van der Waals surface area contributed by atoms with Gasteiger partial charge in [-0.3, -0.25) is 4.79 Å². The average Bonchev–Trinajstić information content (AvgIpc) is 2.74. The van der Waals surface area contributed by atoms with Gasteiger partial charge in [0.05, 0.1) is 18.4 Å². The molecule has 7 heteroatoms. The van der Waals surface area contributed by atoms with Crippen LogP contribution in [0.5, 0.6) is 0 Å². The SMILES string of the molecule is Cc1cnc(CNc2nc(C(N)=O)ccc2N)o1. The summed E-state index contributed by atoms with van der Waals surface area (Å²) in [7, 11) is 0. The highest BCUT2D eigenvalue weighted by Crippen LogP contribution is 2.16. The summed E-state index contributed by atoms with van der Waals surface area (Å²) in [6.45, 7) is 2.13. The minimum absolute atomic E-state index is 0.148. The molecule has 0 aromatic carbocycles. The summed E-state index contributed by atoms with van der Waals surface area (Å²) in [6, 6.07) is 3.04. The van der Waals surface area contributed by atoms with E-state index in [1.165, 1.54) is 6.07 Å². The number of hydrogen-bond donors (Lipinski definition) is 3. The van der Waals surface area contributed by atoms with Crippen molar-refractivity contribution in [2.45, 2.75) is 13.5 Å². The zero-order chi connectivity index (χ0) is 13.1. The zero-order valence-corrected chi connectivity index (χ0v) is 9.80. The molecule has 0 fully saturated rings. The molecule has 2 aromatic rings. The molecule has 0 saturated heterocycles. The third-order valence-corrected chi connectivity index (χ3v) is 2.26. The molecule has 1 amide bonds. The van der Waals surface area contributed by atoms with Crippen LogP contribution in [0.4, 0.5) is 11.5 Å². The van der Waals surface area contributed by atoms with E-state index >= 15 is 0 Å². The second kappa shape index (κ2) is 4.74. The van der Waals surface area contributed by atoms with Gasteiger partial charge < -0.3 is 21.2 Å². The first-order valence-electron chi connectivity index (χ1n) is 5.28. The van der Waals surface area contributed by atoms with E-state index in [-0.39, 0.29) is 5.69 Å². The maximum Gasteiger partial charge on any atom is 0.267 e. The summed E-state index contributed by atoms with van der Waals surface area (Å²) >= 11 is 0. The number of rotatable bonds is 4. The summed E-state index contributed by atoms with van der Waals surface area (Å²) in [5.74, 6) is 1.00. The third kappa shape index (κ3) is 2.57. The molecule has 2 heterocycles. The van der Waals surface area contributed by atoms with Crippen LogP contribution in [-0.4, -0.2) is 15.9 Å². The van der Waals surface area contributed by atoms with Gasteiger partial charge in [0.2, 0.25) is 5.89 Å². The molecule has 0 radical (unpaired) electrons. The summed E-state index contributed by atoms with van der Waals surface area (Å²) in [5.41, 5.74) is 11.4. The molecule has 0 aliphatic carbocycles. The number of nitrogens with two attached hydrogens (primary N) is 2. The number of nitrogen functional groups attached to an aromatic ring is 1. The van der Waals surface area contributed by atoms with Crippen LogP contribution in [0.1, 0.15) is 22.1 Å². The average molecular weight is 247 g/mol. The standard InChI is InChI=1S/C11H13N5O2/c1-6-4-14-9(18-6)5-15-11-7(12)2-3-8(16-11)10(13)17/h2-4H,5,12H2,1H3,(H2,13,17)(H,15,16). The van der Waals surface area contributed by atoms with Gasteiger partial charge >= 0.3 is 0 Å². The van der Waals surface area contributed by atoms with Crippen molar-refractivity contribution in [1.29, 1.82) is 0 Å². The predicted octanol–water partition coefficient (Wildman–Crippen LogP) is 0.671. The van der Waals surface area contributed by atoms with Crippen molar-refractivity contribution in [3.8, 4) is 0 Å². The van der Waals surface area contributed by atoms with Crippen LogP contribution >= 0.6 is 0 Å². The number of hydrogen-bond acceptors (Lipinski definition) is 6. The molecule has 5 N–H and O–H groups in total. The molecule has 7 nitrogen and oxygen atoms in total. The number of oxazole rings is 1. The molecular weight excluding hydrogens is 234 g/mol. The number of carbonyl (C=O) groups excluding carboxylic acids is 1. The molecule has 0 bridgehead atoms. The Kier molecular flexibility index (Phi) is 3.13. The second-order valence-electron chi connectivity index (χ2n) is 3.72. The highest BCUT2D eigenvalue weighted by atomic mass is 16.4. The Morgan fingerprint density at radius 3 is 2.89 bits per heavy atom. The number of aromatic nitrogens is 2. The zero-order valence-electron chi connectivity index (χ0n) is 9.80. The van der Waals surface area contributed by atoms with Crippen molar-refractivity contribution in [2.75, 3.05) is 11.1 Å². The monoisotopic (exact) mass is 247 g/mol. The van der Waals surface area contributed by atoms with Gasteiger partial charge in [0.15, 0.2) is 5.82 Å². The second-order valence-corrected chi connectivity index (χ2v) is 3.72. The lowest BCUT2D eigenvalue weighted by Crippen LogP contribution is -2.15. The van der Waals surface area contributed by atoms with Gasteiger partial charge in [0.25, 0.3) is 5.91 Å². The minimum Gasteiger partial charge on any atom is -0.444 e. The van der Waals surface area contributed by atoms with E-state index in [1.54, 1.807) is 19.2 Å². The van der Waals surface area contributed by atoms with Crippen LogP contribution in [0.25, 0.3) is 0 Å². The summed E-state index contributed by atoms with van der Waals surface area (Å²) < 4.78 is 5.29. The van der Waals surface area contributed by atoms with Crippen LogP contribution in [0.15, 0.2) is 22.7 Å². The van der Waals surface area contributed by atoms with E-state index in [0.717, 1.165) is 5.76 Å². The van der Waals surface area contributed by atoms with E-state index < -0.39 is 5.91 Å².